The number of carbonyl (C=O) groups is 1. The molecule has 0 unspecified atom stereocenters. The maximum atomic E-state index is 12.0. The second-order valence-electron chi connectivity index (χ2n) is 5.66. The maximum absolute atomic E-state index is 12.0. The van der Waals surface area contributed by atoms with Crippen molar-refractivity contribution in [3.63, 3.8) is 0 Å². The Kier molecular flexibility index (Phi) is 7.60. The summed E-state index contributed by atoms with van der Waals surface area (Å²) in [4.78, 5) is 12.0. The van der Waals surface area contributed by atoms with Crippen LogP contribution in [0.15, 0.2) is 58.0 Å². The van der Waals surface area contributed by atoms with Crippen LogP contribution in [0.2, 0.25) is 0 Å². The number of hydrazone groups is 1. The molecule has 3 aromatic rings. The molecule has 0 aliphatic carbocycles. The first kappa shape index (κ1) is 20.8. The predicted octanol–water partition coefficient (Wildman–Crippen LogP) is 3.85. The first-order valence-corrected chi connectivity index (χ1v) is 10.6. The van der Waals surface area contributed by atoms with Gasteiger partial charge in [0.15, 0.2) is 15.8 Å². The molecule has 0 spiro atoms. The number of nitrogens with zero attached hydrogens (tertiary/aromatic N) is 3. The van der Waals surface area contributed by atoms with Gasteiger partial charge >= 0.3 is 0 Å². The molecule has 7 nitrogen and oxygen atoms in total. The number of benzene rings is 2. The van der Waals surface area contributed by atoms with Gasteiger partial charge in [-0.25, -0.2) is 5.43 Å². The molecule has 0 aliphatic heterocycles. The summed E-state index contributed by atoms with van der Waals surface area (Å²) in [7, 11) is 1.58. The van der Waals surface area contributed by atoms with Gasteiger partial charge < -0.3 is 9.47 Å². The van der Waals surface area contributed by atoms with Gasteiger partial charge in [0.05, 0.1) is 25.7 Å². The zero-order valence-corrected chi connectivity index (χ0v) is 17.6. The molecule has 1 aromatic heterocycles. The Balaban J connectivity index is 1.49. The average Bonchev–Trinajstić information content (AvgIpc) is 3.23. The SMILES string of the molecule is CCOc1ccc(C=NNC(=O)CSc2nnc(-c3ccccc3)s2)cc1OC. The molecule has 3 rings (SSSR count). The molecule has 2 aromatic carbocycles. The van der Waals surface area contributed by atoms with E-state index in [9.17, 15) is 4.79 Å². The van der Waals surface area contributed by atoms with Crippen LogP contribution < -0.4 is 14.9 Å². The number of hydrogen-bond donors (Lipinski definition) is 1. The van der Waals surface area contributed by atoms with E-state index in [2.05, 4.69) is 20.7 Å². The monoisotopic (exact) mass is 428 g/mol. The lowest BCUT2D eigenvalue weighted by Gasteiger charge is -2.09. The number of rotatable bonds is 9. The van der Waals surface area contributed by atoms with Crippen LogP contribution in [-0.4, -0.2) is 41.8 Å². The van der Waals surface area contributed by atoms with E-state index in [1.807, 2.05) is 43.3 Å². The molecule has 1 heterocycles. The molecule has 0 aliphatic rings. The number of hydrogen-bond acceptors (Lipinski definition) is 8. The van der Waals surface area contributed by atoms with Gasteiger partial charge in [0, 0.05) is 5.56 Å². The number of aromatic nitrogens is 2. The fraction of sp³-hybridized carbons (Fsp3) is 0.200. The lowest BCUT2D eigenvalue weighted by Crippen LogP contribution is -2.19. The van der Waals surface area contributed by atoms with E-state index in [4.69, 9.17) is 9.47 Å². The third-order valence-electron chi connectivity index (χ3n) is 3.64. The van der Waals surface area contributed by atoms with Crippen molar-refractivity contribution in [3.05, 3.63) is 54.1 Å². The molecule has 1 N–H and O–H groups in total. The Labute approximate surface area is 177 Å². The fourth-order valence-electron chi connectivity index (χ4n) is 2.34. The number of methoxy groups -OCH3 is 1. The van der Waals surface area contributed by atoms with Gasteiger partial charge in [-0.05, 0) is 30.7 Å². The minimum atomic E-state index is -0.222. The summed E-state index contributed by atoms with van der Waals surface area (Å²) in [5.74, 6) is 1.26. The minimum absolute atomic E-state index is 0.202. The molecule has 0 atom stereocenters. The van der Waals surface area contributed by atoms with E-state index in [0.29, 0.717) is 18.1 Å². The molecule has 0 saturated heterocycles. The van der Waals surface area contributed by atoms with Gasteiger partial charge in [0.25, 0.3) is 5.91 Å². The number of ether oxygens (including phenoxy) is 2. The highest BCUT2D eigenvalue weighted by molar-refractivity contribution is 8.01. The average molecular weight is 429 g/mol. The Morgan fingerprint density at radius 1 is 1.21 bits per heavy atom. The van der Waals surface area contributed by atoms with Gasteiger partial charge in [-0.15, -0.1) is 10.2 Å². The largest absolute Gasteiger partial charge is 0.493 e. The first-order valence-electron chi connectivity index (χ1n) is 8.84. The van der Waals surface area contributed by atoms with Crippen LogP contribution in [0.4, 0.5) is 0 Å². The topological polar surface area (TPSA) is 85.7 Å². The molecule has 150 valence electrons. The van der Waals surface area contributed by atoms with Crippen LogP contribution >= 0.6 is 23.1 Å². The number of nitrogens with one attached hydrogen (secondary N) is 1. The van der Waals surface area contributed by atoms with Crippen molar-refractivity contribution in [1.29, 1.82) is 0 Å². The van der Waals surface area contributed by atoms with Gasteiger partial charge in [0.1, 0.15) is 5.01 Å². The number of thioether (sulfide) groups is 1. The van der Waals surface area contributed by atoms with Crippen molar-refractivity contribution in [2.24, 2.45) is 5.10 Å². The molecular weight excluding hydrogens is 408 g/mol. The van der Waals surface area contributed by atoms with E-state index in [1.165, 1.54) is 23.1 Å². The number of carbonyl (C=O) groups excluding carboxylic acids is 1. The summed E-state index contributed by atoms with van der Waals surface area (Å²) in [6.07, 6.45) is 1.55. The summed E-state index contributed by atoms with van der Waals surface area (Å²) >= 11 is 2.78. The molecule has 29 heavy (non-hydrogen) atoms. The van der Waals surface area contributed by atoms with Gasteiger partial charge in [-0.2, -0.15) is 5.10 Å². The van der Waals surface area contributed by atoms with Crippen LogP contribution in [0.5, 0.6) is 11.5 Å². The lowest BCUT2D eigenvalue weighted by atomic mass is 10.2. The van der Waals surface area contributed by atoms with Crippen LogP contribution in [-0.2, 0) is 4.79 Å². The van der Waals surface area contributed by atoms with Crippen LogP contribution in [0, 0.1) is 0 Å². The minimum Gasteiger partial charge on any atom is -0.493 e. The van der Waals surface area contributed by atoms with Crippen LogP contribution in [0.3, 0.4) is 0 Å². The quantitative estimate of drug-likeness (QED) is 0.316. The highest BCUT2D eigenvalue weighted by Crippen LogP contribution is 2.29. The van der Waals surface area contributed by atoms with Crippen molar-refractivity contribution in [3.8, 4) is 22.1 Å². The summed E-state index contributed by atoms with van der Waals surface area (Å²) in [6.45, 7) is 2.46. The smallest absolute Gasteiger partial charge is 0.250 e. The summed E-state index contributed by atoms with van der Waals surface area (Å²) in [5.41, 5.74) is 4.31. The molecule has 0 fully saturated rings. The predicted molar refractivity (Wildman–Crippen MR) is 116 cm³/mol. The molecule has 9 heteroatoms. The van der Waals surface area contributed by atoms with E-state index in [1.54, 1.807) is 25.5 Å². The fourth-order valence-corrected chi connectivity index (χ4v) is 3.99. The zero-order valence-electron chi connectivity index (χ0n) is 16.0. The van der Waals surface area contributed by atoms with Crippen LogP contribution in [0.25, 0.3) is 10.6 Å². The Morgan fingerprint density at radius 3 is 2.79 bits per heavy atom. The highest BCUT2D eigenvalue weighted by Gasteiger charge is 2.09. The summed E-state index contributed by atoms with van der Waals surface area (Å²) < 4.78 is 11.5. The van der Waals surface area contributed by atoms with Gasteiger partial charge in [0.2, 0.25) is 0 Å². The third-order valence-corrected chi connectivity index (χ3v) is 5.75. The third kappa shape index (κ3) is 6.03. The van der Waals surface area contributed by atoms with Gasteiger partial charge in [-0.3, -0.25) is 4.79 Å². The zero-order chi connectivity index (χ0) is 20.5. The summed E-state index contributed by atoms with van der Waals surface area (Å²) in [5, 5.41) is 13.1. The molecular formula is C20H20N4O3S2. The van der Waals surface area contributed by atoms with Crippen molar-refractivity contribution >= 4 is 35.2 Å². The van der Waals surface area contributed by atoms with E-state index < -0.39 is 0 Å². The van der Waals surface area contributed by atoms with Gasteiger partial charge in [-0.1, -0.05) is 53.4 Å². The van der Waals surface area contributed by atoms with Crippen molar-refractivity contribution in [1.82, 2.24) is 15.6 Å². The lowest BCUT2D eigenvalue weighted by molar-refractivity contribution is -0.118. The highest BCUT2D eigenvalue weighted by atomic mass is 32.2. The van der Waals surface area contributed by atoms with E-state index in [-0.39, 0.29) is 11.7 Å². The van der Waals surface area contributed by atoms with Crippen molar-refractivity contribution in [2.45, 2.75) is 11.3 Å². The second-order valence-corrected chi connectivity index (χ2v) is 7.86. The normalized spacial score (nSPS) is 10.8. The Morgan fingerprint density at radius 2 is 2.03 bits per heavy atom. The molecule has 1 amide bonds. The Bertz CT molecular complexity index is 977. The van der Waals surface area contributed by atoms with Crippen molar-refractivity contribution < 1.29 is 14.3 Å². The first-order chi connectivity index (χ1) is 14.2. The summed E-state index contributed by atoms with van der Waals surface area (Å²) in [6, 6.07) is 15.3. The standard InChI is InChI=1S/C20H20N4O3S2/c1-3-27-16-10-9-14(11-17(16)26-2)12-21-22-18(25)13-28-20-24-23-19(29-20)15-7-5-4-6-8-15/h4-12H,3,13H2,1-2H3,(H,22,25). The van der Waals surface area contributed by atoms with Crippen molar-refractivity contribution in [2.75, 3.05) is 19.5 Å². The number of amides is 1. The van der Waals surface area contributed by atoms with Crippen LogP contribution in [0.1, 0.15) is 12.5 Å². The Hall–Kier alpha value is -2.91. The molecule has 0 saturated carbocycles. The maximum Gasteiger partial charge on any atom is 0.250 e. The molecule has 0 radical (unpaired) electrons. The van der Waals surface area contributed by atoms with E-state index in [0.717, 1.165) is 20.5 Å². The van der Waals surface area contributed by atoms with E-state index >= 15 is 0 Å². The molecule has 0 bridgehead atoms. The second kappa shape index (κ2) is 10.6.